The van der Waals surface area contributed by atoms with Gasteiger partial charge in [0.25, 0.3) is 0 Å². The van der Waals surface area contributed by atoms with Crippen LogP contribution < -0.4 is 5.30 Å². The minimum atomic E-state index is -4.33. The van der Waals surface area contributed by atoms with Gasteiger partial charge in [-0.1, -0.05) is 17.7 Å². The molecule has 0 aromatic heterocycles. The molecular weight excluding hydrogens is 178 g/mol. The quantitative estimate of drug-likeness (QED) is 0.659. The summed E-state index contributed by atoms with van der Waals surface area (Å²) in [6, 6.07) is 4.79. The number of aryl methyl sites for hydroxylation is 2. The van der Waals surface area contributed by atoms with E-state index < -0.39 is 8.03 Å². The van der Waals surface area contributed by atoms with E-state index in [0.29, 0.717) is 5.56 Å². The topological polar surface area (TPSA) is 40.5 Å². The van der Waals surface area contributed by atoms with Crippen molar-refractivity contribution in [3.05, 3.63) is 29.3 Å². The van der Waals surface area contributed by atoms with Gasteiger partial charge in [0.05, 0.1) is 0 Å². The highest BCUT2D eigenvalue weighted by molar-refractivity contribution is 7.67. The molecule has 2 N–H and O–H groups in total. The zero-order valence-corrected chi connectivity index (χ0v) is 7.85. The molecule has 1 aromatic rings. The molecule has 4 heteroatoms. The number of benzene rings is 1. The average Bonchev–Trinajstić information content (AvgIpc) is 1.83. The highest BCUT2D eigenvalue weighted by Gasteiger charge is 2.39. The zero-order chi connectivity index (χ0) is 9.35. The van der Waals surface area contributed by atoms with Gasteiger partial charge in [0.1, 0.15) is 0 Å². The van der Waals surface area contributed by atoms with Crippen LogP contribution in [0.1, 0.15) is 11.1 Å². The molecule has 0 saturated carbocycles. The first kappa shape index (κ1) is 9.59. The van der Waals surface area contributed by atoms with Crippen molar-refractivity contribution in [2.45, 2.75) is 13.8 Å². The highest BCUT2D eigenvalue weighted by Crippen LogP contribution is 2.50. The Labute approximate surface area is 71.3 Å². The third kappa shape index (κ3) is 2.01. The molecule has 0 atom stereocenters. The molecule has 12 heavy (non-hydrogen) atoms. The van der Waals surface area contributed by atoms with Gasteiger partial charge in [-0.2, -0.15) is 9.79 Å². The third-order valence-electron chi connectivity index (χ3n) is 1.66. The van der Waals surface area contributed by atoms with E-state index in [2.05, 4.69) is 0 Å². The lowest BCUT2D eigenvalue weighted by atomic mass is 10.2. The summed E-state index contributed by atoms with van der Waals surface area (Å²) < 4.78 is 12.7. The molecular formula is C8H11FO2P+. The zero-order valence-electron chi connectivity index (χ0n) is 6.95. The predicted molar refractivity (Wildman–Crippen MR) is 48.0 cm³/mol. The largest absolute Gasteiger partial charge is 0.498 e. The molecule has 0 aliphatic carbocycles. The minimum Gasteiger partial charge on any atom is -0.184 e. The summed E-state index contributed by atoms with van der Waals surface area (Å²) in [6.45, 7) is 3.52. The van der Waals surface area contributed by atoms with Crippen molar-refractivity contribution in [3.63, 3.8) is 0 Å². The van der Waals surface area contributed by atoms with Gasteiger partial charge in [-0.25, -0.2) is 0 Å². The van der Waals surface area contributed by atoms with Crippen LogP contribution in [0.25, 0.3) is 0 Å². The summed E-state index contributed by atoms with van der Waals surface area (Å²) in [5, 5.41) is 0.00750. The van der Waals surface area contributed by atoms with Crippen molar-refractivity contribution in [1.29, 1.82) is 0 Å². The lowest BCUT2D eigenvalue weighted by Crippen LogP contribution is -2.10. The van der Waals surface area contributed by atoms with E-state index in [1.54, 1.807) is 19.1 Å². The first-order valence-corrected chi connectivity index (χ1v) is 5.12. The lowest BCUT2D eigenvalue weighted by molar-refractivity contribution is 0.407. The van der Waals surface area contributed by atoms with E-state index in [1.807, 2.05) is 6.92 Å². The Morgan fingerprint density at radius 1 is 1.25 bits per heavy atom. The van der Waals surface area contributed by atoms with Crippen LogP contribution in [-0.2, 0) is 0 Å². The fourth-order valence-corrected chi connectivity index (χ4v) is 1.90. The Hall–Kier alpha value is -0.500. The molecule has 0 saturated heterocycles. The van der Waals surface area contributed by atoms with E-state index in [-0.39, 0.29) is 5.30 Å². The maximum absolute atomic E-state index is 12.7. The Morgan fingerprint density at radius 3 is 2.25 bits per heavy atom. The molecule has 0 spiro atoms. The maximum atomic E-state index is 12.7. The van der Waals surface area contributed by atoms with Gasteiger partial charge in [0.15, 0.2) is 5.30 Å². The van der Waals surface area contributed by atoms with Crippen LogP contribution in [0.4, 0.5) is 4.20 Å². The average molecular weight is 189 g/mol. The fourth-order valence-electron chi connectivity index (χ4n) is 1.12. The summed E-state index contributed by atoms with van der Waals surface area (Å²) in [6.07, 6.45) is 0. The molecule has 0 heterocycles. The highest BCUT2D eigenvalue weighted by atomic mass is 31.2. The molecule has 1 aromatic carbocycles. The summed E-state index contributed by atoms with van der Waals surface area (Å²) in [5.74, 6) is 0. The Bertz CT molecular complexity index is 294. The smallest absolute Gasteiger partial charge is 0.184 e. The van der Waals surface area contributed by atoms with E-state index in [1.165, 1.54) is 6.07 Å². The number of rotatable bonds is 1. The normalized spacial score (nSPS) is 11.8. The second-order valence-electron chi connectivity index (χ2n) is 2.82. The fraction of sp³-hybridized carbons (Fsp3) is 0.250. The number of hydrogen-bond donors (Lipinski definition) is 2. The summed E-state index contributed by atoms with van der Waals surface area (Å²) >= 11 is 0. The first-order valence-electron chi connectivity index (χ1n) is 3.53. The van der Waals surface area contributed by atoms with Crippen molar-refractivity contribution < 1.29 is 14.0 Å². The summed E-state index contributed by atoms with van der Waals surface area (Å²) in [7, 11) is -4.33. The van der Waals surface area contributed by atoms with E-state index in [0.717, 1.165) is 5.56 Å². The molecule has 66 valence electrons. The molecule has 1 rings (SSSR count). The molecule has 0 amide bonds. The Morgan fingerprint density at radius 2 is 1.83 bits per heavy atom. The van der Waals surface area contributed by atoms with Crippen molar-refractivity contribution in [1.82, 2.24) is 0 Å². The van der Waals surface area contributed by atoms with E-state index in [4.69, 9.17) is 9.79 Å². The Balaban J connectivity index is 3.19. The molecule has 0 aliphatic rings. The summed E-state index contributed by atoms with van der Waals surface area (Å²) in [4.78, 5) is 17.5. The van der Waals surface area contributed by atoms with Crippen molar-refractivity contribution >= 4 is 13.3 Å². The maximum Gasteiger partial charge on any atom is 0.498 e. The minimum absolute atomic E-state index is 0.00750. The molecule has 0 fully saturated rings. The van der Waals surface area contributed by atoms with Gasteiger partial charge >= 0.3 is 8.03 Å². The van der Waals surface area contributed by atoms with Crippen LogP contribution in [0.15, 0.2) is 18.2 Å². The standard InChI is InChI=1S/C8H11FO2P/c1-6-3-4-8(7(2)5-6)12(9,10)11/h3-5,10-11H,1-2H3/q+1. The SMILES string of the molecule is Cc1ccc([P+](O)(O)F)c(C)c1. The van der Waals surface area contributed by atoms with Gasteiger partial charge in [0.2, 0.25) is 0 Å². The van der Waals surface area contributed by atoms with Gasteiger partial charge < -0.3 is 0 Å². The van der Waals surface area contributed by atoms with Gasteiger partial charge in [-0.3, -0.25) is 0 Å². The van der Waals surface area contributed by atoms with Crippen molar-refractivity contribution in [2.24, 2.45) is 0 Å². The second kappa shape index (κ2) is 3.09. The van der Waals surface area contributed by atoms with Crippen LogP contribution >= 0.6 is 8.03 Å². The van der Waals surface area contributed by atoms with Crippen molar-refractivity contribution in [2.75, 3.05) is 0 Å². The molecule has 0 bridgehead atoms. The molecule has 0 unspecified atom stereocenters. The molecule has 0 radical (unpaired) electrons. The lowest BCUT2D eigenvalue weighted by Gasteiger charge is -2.03. The monoisotopic (exact) mass is 189 g/mol. The molecule has 0 aliphatic heterocycles. The van der Waals surface area contributed by atoms with Gasteiger partial charge in [0, 0.05) is 9.76 Å². The predicted octanol–water partition coefficient (Wildman–Crippen LogP) is 1.65. The van der Waals surface area contributed by atoms with Crippen LogP contribution in [0.3, 0.4) is 0 Å². The van der Waals surface area contributed by atoms with Gasteiger partial charge in [-0.05, 0) is 19.9 Å². The van der Waals surface area contributed by atoms with E-state index >= 15 is 0 Å². The number of halogens is 1. The van der Waals surface area contributed by atoms with Crippen LogP contribution in [-0.4, -0.2) is 9.79 Å². The van der Waals surface area contributed by atoms with Crippen LogP contribution in [0.2, 0.25) is 0 Å². The van der Waals surface area contributed by atoms with Crippen LogP contribution in [0.5, 0.6) is 0 Å². The van der Waals surface area contributed by atoms with Crippen LogP contribution in [0, 0.1) is 13.8 Å². The molecule has 2 nitrogen and oxygen atoms in total. The van der Waals surface area contributed by atoms with Gasteiger partial charge in [-0.15, -0.1) is 0 Å². The first-order chi connectivity index (χ1) is 5.41. The third-order valence-corrected chi connectivity index (χ3v) is 2.77. The Kier molecular flexibility index (Phi) is 2.47. The summed E-state index contributed by atoms with van der Waals surface area (Å²) in [5.41, 5.74) is 1.56. The van der Waals surface area contributed by atoms with E-state index in [9.17, 15) is 4.20 Å². The number of hydrogen-bond acceptors (Lipinski definition) is 2. The van der Waals surface area contributed by atoms with Crippen molar-refractivity contribution in [3.8, 4) is 0 Å². The second-order valence-corrected chi connectivity index (χ2v) is 4.35.